The number of carboxylic acids is 1. The van der Waals surface area contributed by atoms with Crippen LogP contribution in [0.25, 0.3) is 11.0 Å². The molecule has 0 bridgehead atoms. The molecule has 28 heavy (non-hydrogen) atoms. The molecule has 0 saturated heterocycles. The molecule has 7 heteroatoms. The molecule has 1 amide bonds. The van der Waals surface area contributed by atoms with E-state index >= 15 is 0 Å². The van der Waals surface area contributed by atoms with Crippen molar-refractivity contribution in [1.29, 1.82) is 0 Å². The van der Waals surface area contributed by atoms with Crippen molar-refractivity contribution in [2.24, 2.45) is 5.92 Å². The smallest absolute Gasteiger partial charge is 0.308 e. The Hall–Kier alpha value is -3.22. The third kappa shape index (κ3) is 3.74. The molecule has 0 radical (unpaired) electrons. The zero-order valence-corrected chi connectivity index (χ0v) is 16.4. The minimum atomic E-state index is -0.974. The van der Waals surface area contributed by atoms with Crippen LogP contribution in [0.5, 0.6) is 0 Å². The average Bonchev–Trinajstić information content (AvgIpc) is 3.08. The number of nitrogens with zero attached hydrogens (tertiary/aromatic N) is 3. The van der Waals surface area contributed by atoms with Gasteiger partial charge in [-0.1, -0.05) is 30.3 Å². The highest BCUT2D eigenvalue weighted by Gasteiger charge is 2.28. The molecular formula is C21H24N4O3. The second-order valence-electron chi connectivity index (χ2n) is 7.21. The van der Waals surface area contributed by atoms with E-state index in [1.165, 1.54) is 0 Å². The first kappa shape index (κ1) is 19.5. The van der Waals surface area contributed by atoms with Crippen LogP contribution in [-0.4, -0.2) is 31.7 Å². The van der Waals surface area contributed by atoms with Crippen molar-refractivity contribution in [1.82, 2.24) is 20.1 Å². The van der Waals surface area contributed by atoms with Gasteiger partial charge in [0.25, 0.3) is 5.91 Å². The van der Waals surface area contributed by atoms with Gasteiger partial charge >= 0.3 is 5.97 Å². The quantitative estimate of drug-likeness (QED) is 0.682. The maximum Gasteiger partial charge on any atom is 0.308 e. The monoisotopic (exact) mass is 380 g/mol. The molecule has 3 rings (SSSR count). The highest BCUT2D eigenvalue weighted by molar-refractivity contribution is 5.98. The van der Waals surface area contributed by atoms with Crippen molar-refractivity contribution < 1.29 is 14.7 Å². The summed E-state index contributed by atoms with van der Waals surface area (Å²) in [6.07, 6.45) is 1.69. The van der Waals surface area contributed by atoms with Gasteiger partial charge in [-0.25, -0.2) is 9.67 Å². The van der Waals surface area contributed by atoms with E-state index < -0.39 is 17.9 Å². The normalized spacial score (nSPS) is 13.5. The lowest BCUT2D eigenvalue weighted by Gasteiger charge is -2.23. The third-order valence-corrected chi connectivity index (χ3v) is 4.83. The van der Waals surface area contributed by atoms with Crippen LogP contribution in [0, 0.1) is 12.8 Å². The fourth-order valence-corrected chi connectivity index (χ4v) is 3.19. The summed E-state index contributed by atoms with van der Waals surface area (Å²) in [6.45, 7) is 7.38. The van der Waals surface area contributed by atoms with E-state index in [2.05, 4.69) is 15.4 Å². The van der Waals surface area contributed by atoms with E-state index in [0.717, 1.165) is 16.6 Å². The Balaban J connectivity index is 1.96. The van der Waals surface area contributed by atoms with Crippen LogP contribution >= 0.6 is 0 Å². The molecule has 146 valence electrons. The maximum absolute atomic E-state index is 13.0. The summed E-state index contributed by atoms with van der Waals surface area (Å²) in [5, 5.41) is 17.5. The minimum Gasteiger partial charge on any atom is -0.481 e. The Morgan fingerprint density at radius 1 is 1.14 bits per heavy atom. The number of carboxylic acid groups (broad SMARTS) is 1. The number of pyridine rings is 1. The van der Waals surface area contributed by atoms with Gasteiger partial charge in [0.05, 0.1) is 29.4 Å². The number of fused-ring (bicyclic) bond motifs is 1. The van der Waals surface area contributed by atoms with Crippen LogP contribution in [-0.2, 0) is 4.79 Å². The van der Waals surface area contributed by atoms with Gasteiger partial charge in [-0.15, -0.1) is 0 Å². The number of aromatic nitrogens is 3. The van der Waals surface area contributed by atoms with Gasteiger partial charge in [0.15, 0.2) is 5.65 Å². The highest BCUT2D eigenvalue weighted by atomic mass is 16.4. The van der Waals surface area contributed by atoms with Crippen molar-refractivity contribution in [3.8, 4) is 0 Å². The van der Waals surface area contributed by atoms with Crippen LogP contribution in [0.2, 0.25) is 0 Å². The predicted molar refractivity (Wildman–Crippen MR) is 106 cm³/mol. The summed E-state index contributed by atoms with van der Waals surface area (Å²) in [5.74, 6) is -2.11. The third-order valence-electron chi connectivity index (χ3n) is 4.83. The number of benzene rings is 1. The lowest BCUT2D eigenvalue weighted by atomic mass is 9.94. The molecule has 2 N–H and O–H groups in total. The standard InChI is InChI=1S/C21H24N4O3/c1-12(2)25-19-16(11-22-25)10-17(14(4)23-19)20(26)24-18(13(3)21(27)28)15-8-6-5-7-9-15/h5-13,18H,1-4H3,(H,24,26)(H,27,28). The number of nitrogens with one attached hydrogen (secondary N) is 1. The Kier molecular flexibility index (Phi) is 5.44. The van der Waals surface area contributed by atoms with Gasteiger partial charge in [-0.3, -0.25) is 9.59 Å². The molecule has 2 aromatic heterocycles. The van der Waals surface area contributed by atoms with Crippen molar-refractivity contribution in [2.75, 3.05) is 0 Å². The SMILES string of the molecule is Cc1nc2c(cnn2C(C)C)cc1C(=O)NC(c1ccccc1)C(C)C(=O)O. The van der Waals surface area contributed by atoms with Crippen molar-refractivity contribution >= 4 is 22.9 Å². The van der Waals surface area contributed by atoms with Crippen LogP contribution in [0.3, 0.4) is 0 Å². The number of aryl methyl sites for hydroxylation is 1. The van der Waals surface area contributed by atoms with E-state index in [9.17, 15) is 14.7 Å². The summed E-state index contributed by atoms with van der Waals surface area (Å²) in [4.78, 5) is 29.1. The fourth-order valence-electron chi connectivity index (χ4n) is 3.19. The molecule has 7 nitrogen and oxygen atoms in total. The molecule has 1 aromatic carbocycles. The molecule has 0 fully saturated rings. The summed E-state index contributed by atoms with van der Waals surface area (Å²) in [6, 6.07) is 10.4. The number of hydrogen-bond acceptors (Lipinski definition) is 4. The summed E-state index contributed by atoms with van der Waals surface area (Å²) < 4.78 is 1.81. The number of amides is 1. The van der Waals surface area contributed by atoms with E-state index in [1.54, 1.807) is 26.1 Å². The highest BCUT2D eigenvalue weighted by Crippen LogP contribution is 2.24. The number of carbonyl (C=O) groups excluding carboxylic acids is 1. The molecule has 0 spiro atoms. The first-order chi connectivity index (χ1) is 13.3. The number of hydrogen-bond donors (Lipinski definition) is 2. The molecule has 0 aliphatic heterocycles. The Bertz CT molecular complexity index is 1010. The fraction of sp³-hybridized carbons (Fsp3) is 0.333. The zero-order valence-electron chi connectivity index (χ0n) is 16.4. The van der Waals surface area contributed by atoms with E-state index in [-0.39, 0.29) is 11.9 Å². The molecule has 2 atom stereocenters. The average molecular weight is 380 g/mol. The number of rotatable bonds is 6. The van der Waals surface area contributed by atoms with Gasteiger partial charge in [0.1, 0.15) is 0 Å². The van der Waals surface area contributed by atoms with E-state index in [4.69, 9.17) is 0 Å². The van der Waals surface area contributed by atoms with Gasteiger partial charge < -0.3 is 10.4 Å². The zero-order chi connectivity index (χ0) is 20.4. The second-order valence-corrected chi connectivity index (χ2v) is 7.21. The summed E-state index contributed by atoms with van der Waals surface area (Å²) in [5.41, 5.74) is 2.45. The number of carbonyl (C=O) groups is 2. The van der Waals surface area contributed by atoms with Crippen molar-refractivity contribution in [2.45, 2.75) is 39.8 Å². The Morgan fingerprint density at radius 3 is 2.43 bits per heavy atom. The van der Waals surface area contributed by atoms with Crippen LogP contribution < -0.4 is 5.32 Å². The summed E-state index contributed by atoms with van der Waals surface area (Å²) >= 11 is 0. The predicted octanol–water partition coefficient (Wildman–Crippen LogP) is 3.51. The van der Waals surface area contributed by atoms with E-state index in [1.807, 2.05) is 48.9 Å². The summed E-state index contributed by atoms with van der Waals surface area (Å²) in [7, 11) is 0. The largest absolute Gasteiger partial charge is 0.481 e. The molecule has 2 heterocycles. The van der Waals surface area contributed by atoms with Crippen molar-refractivity contribution in [3.05, 3.63) is 59.4 Å². The van der Waals surface area contributed by atoms with Gasteiger partial charge in [-0.2, -0.15) is 5.10 Å². The van der Waals surface area contributed by atoms with Gasteiger partial charge in [0, 0.05) is 11.4 Å². The number of aliphatic carboxylic acids is 1. The van der Waals surface area contributed by atoms with Gasteiger partial charge in [0.2, 0.25) is 0 Å². The molecule has 0 aliphatic carbocycles. The molecule has 0 aliphatic rings. The minimum absolute atomic E-state index is 0.156. The Labute approximate surface area is 163 Å². The Morgan fingerprint density at radius 2 is 1.82 bits per heavy atom. The van der Waals surface area contributed by atoms with E-state index in [0.29, 0.717) is 11.3 Å². The second kappa shape index (κ2) is 7.80. The van der Waals surface area contributed by atoms with Crippen LogP contribution in [0.1, 0.15) is 54.5 Å². The lowest BCUT2D eigenvalue weighted by molar-refractivity contribution is -0.142. The van der Waals surface area contributed by atoms with Crippen molar-refractivity contribution in [3.63, 3.8) is 0 Å². The molecule has 2 unspecified atom stereocenters. The van der Waals surface area contributed by atoms with Crippen LogP contribution in [0.15, 0.2) is 42.6 Å². The van der Waals surface area contributed by atoms with Crippen LogP contribution in [0.4, 0.5) is 0 Å². The first-order valence-corrected chi connectivity index (χ1v) is 9.23. The lowest BCUT2D eigenvalue weighted by Crippen LogP contribution is -2.36. The molecule has 3 aromatic rings. The van der Waals surface area contributed by atoms with Gasteiger partial charge in [-0.05, 0) is 39.3 Å². The first-order valence-electron chi connectivity index (χ1n) is 9.23. The molecule has 0 saturated carbocycles. The maximum atomic E-state index is 13.0. The topological polar surface area (TPSA) is 97.1 Å². The molecular weight excluding hydrogens is 356 g/mol.